The van der Waals surface area contributed by atoms with Crippen LogP contribution in [-0.4, -0.2) is 34.6 Å². The van der Waals surface area contributed by atoms with E-state index in [2.05, 4.69) is 9.97 Å². The highest BCUT2D eigenvalue weighted by Crippen LogP contribution is 2.32. The largest absolute Gasteiger partial charge is 0.454 e. The van der Waals surface area contributed by atoms with Crippen LogP contribution in [0.4, 0.5) is 0 Å². The van der Waals surface area contributed by atoms with Crippen molar-refractivity contribution in [2.75, 3.05) is 13.8 Å². The van der Waals surface area contributed by atoms with Gasteiger partial charge in [-0.2, -0.15) is 0 Å². The van der Waals surface area contributed by atoms with E-state index in [0.717, 1.165) is 33.5 Å². The summed E-state index contributed by atoms with van der Waals surface area (Å²) in [4.78, 5) is 23.0. The predicted octanol–water partition coefficient (Wildman–Crippen LogP) is 3.13. The lowest BCUT2D eigenvalue weighted by molar-refractivity contribution is -0.129. The maximum atomic E-state index is 12.5. The first kappa shape index (κ1) is 16.5. The van der Waals surface area contributed by atoms with Gasteiger partial charge in [-0.15, -0.1) is 11.3 Å². The van der Waals surface area contributed by atoms with Crippen LogP contribution in [0.5, 0.6) is 11.5 Å². The zero-order valence-electron chi connectivity index (χ0n) is 14.2. The van der Waals surface area contributed by atoms with Crippen LogP contribution in [0.15, 0.2) is 48.0 Å². The minimum Gasteiger partial charge on any atom is -0.454 e. The first-order valence-electron chi connectivity index (χ1n) is 8.17. The average molecular weight is 367 g/mol. The van der Waals surface area contributed by atoms with E-state index in [1.807, 2.05) is 41.8 Å². The molecule has 3 aromatic rings. The number of carbonyl (C=O) groups excluding carboxylic acids is 1. The molecule has 26 heavy (non-hydrogen) atoms. The van der Waals surface area contributed by atoms with Crippen molar-refractivity contribution in [2.24, 2.45) is 0 Å². The molecule has 0 bridgehead atoms. The molecule has 0 saturated heterocycles. The number of hydrogen-bond donors (Lipinski definition) is 0. The van der Waals surface area contributed by atoms with Crippen LogP contribution in [0.3, 0.4) is 0 Å². The van der Waals surface area contributed by atoms with Crippen molar-refractivity contribution in [3.05, 3.63) is 59.2 Å². The van der Waals surface area contributed by atoms with Gasteiger partial charge in [0.2, 0.25) is 12.7 Å². The number of ether oxygens (including phenoxy) is 2. The number of benzene rings is 1. The quantitative estimate of drug-likeness (QED) is 0.693. The standard InChI is InChI=1S/C19H17N3O3S/c1-22(10-13-5-6-16-17(8-13)25-12-24-16)18(23)9-14-11-26-19(21-14)15-4-2-3-7-20-15/h2-8,11H,9-10,12H2,1H3. The van der Waals surface area contributed by atoms with Crippen LogP contribution < -0.4 is 9.47 Å². The highest BCUT2D eigenvalue weighted by Gasteiger charge is 2.16. The van der Waals surface area contributed by atoms with Crippen molar-refractivity contribution in [3.8, 4) is 22.2 Å². The van der Waals surface area contributed by atoms with E-state index in [1.165, 1.54) is 11.3 Å². The average Bonchev–Trinajstić information content (AvgIpc) is 3.31. The Hall–Kier alpha value is -2.93. The molecule has 0 spiro atoms. The van der Waals surface area contributed by atoms with Gasteiger partial charge in [-0.25, -0.2) is 4.98 Å². The summed E-state index contributed by atoms with van der Waals surface area (Å²) >= 11 is 1.50. The molecule has 6 nitrogen and oxygen atoms in total. The molecule has 0 atom stereocenters. The summed E-state index contributed by atoms with van der Waals surface area (Å²) in [6.45, 7) is 0.753. The fourth-order valence-electron chi connectivity index (χ4n) is 2.69. The highest BCUT2D eigenvalue weighted by molar-refractivity contribution is 7.13. The lowest BCUT2D eigenvalue weighted by Crippen LogP contribution is -2.27. The zero-order chi connectivity index (χ0) is 17.9. The molecule has 3 heterocycles. The summed E-state index contributed by atoms with van der Waals surface area (Å²) in [6.07, 6.45) is 2.01. The SMILES string of the molecule is CN(Cc1ccc2c(c1)OCO2)C(=O)Cc1csc(-c2ccccn2)n1. The summed E-state index contributed by atoms with van der Waals surface area (Å²) in [5, 5.41) is 2.74. The number of hydrogen-bond acceptors (Lipinski definition) is 6. The van der Waals surface area contributed by atoms with E-state index in [-0.39, 0.29) is 19.1 Å². The predicted molar refractivity (Wildman–Crippen MR) is 98.1 cm³/mol. The third kappa shape index (κ3) is 3.52. The normalized spacial score (nSPS) is 12.2. The molecule has 1 aliphatic heterocycles. The van der Waals surface area contributed by atoms with Gasteiger partial charge in [-0.05, 0) is 29.8 Å². The molecule has 0 saturated carbocycles. The van der Waals surface area contributed by atoms with Crippen molar-refractivity contribution < 1.29 is 14.3 Å². The third-order valence-corrected chi connectivity index (χ3v) is 4.96. The van der Waals surface area contributed by atoms with Gasteiger partial charge in [0.05, 0.1) is 17.8 Å². The van der Waals surface area contributed by atoms with E-state index >= 15 is 0 Å². The molecule has 0 fully saturated rings. The molecular formula is C19H17N3O3S. The van der Waals surface area contributed by atoms with Gasteiger partial charge >= 0.3 is 0 Å². The summed E-state index contributed by atoms with van der Waals surface area (Å²) in [7, 11) is 1.79. The van der Waals surface area contributed by atoms with Gasteiger partial charge in [0.15, 0.2) is 11.5 Å². The molecule has 7 heteroatoms. The van der Waals surface area contributed by atoms with Gasteiger partial charge in [0.1, 0.15) is 5.01 Å². The molecule has 132 valence electrons. The number of amides is 1. The number of pyridine rings is 1. The van der Waals surface area contributed by atoms with Crippen LogP contribution in [-0.2, 0) is 17.8 Å². The fraction of sp³-hybridized carbons (Fsp3) is 0.211. The Kier molecular flexibility index (Phi) is 4.53. The monoisotopic (exact) mass is 367 g/mol. The Labute approximate surface area is 155 Å². The van der Waals surface area contributed by atoms with Crippen molar-refractivity contribution in [3.63, 3.8) is 0 Å². The fourth-order valence-corrected chi connectivity index (χ4v) is 3.48. The lowest BCUT2D eigenvalue weighted by atomic mass is 10.2. The van der Waals surface area contributed by atoms with Gasteiger partial charge in [-0.3, -0.25) is 9.78 Å². The number of nitrogens with zero attached hydrogens (tertiary/aromatic N) is 3. The minimum absolute atomic E-state index is 0.0144. The second-order valence-electron chi connectivity index (χ2n) is 5.97. The van der Waals surface area contributed by atoms with Crippen LogP contribution in [0, 0.1) is 0 Å². The number of rotatable bonds is 5. The molecule has 0 N–H and O–H groups in total. The maximum absolute atomic E-state index is 12.5. The second-order valence-corrected chi connectivity index (χ2v) is 6.83. The number of likely N-dealkylation sites (N-methyl/N-ethyl adjacent to an activating group) is 1. The van der Waals surface area contributed by atoms with Gasteiger partial charge in [-0.1, -0.05) is 12.1 Å². The molecule has 1 amide bonds. The van der Waals surface area contributed by atoms with E-state index in [9.17, 15) is 4.79 Å². The van der Waals surface area contributed by atoms with E-state index < -0.39 is 0 Å². The first-order valence-corrected chi connectivity index (χ1v) is 9.05. The number of fused-ring (bicyclic) bond motifs is 1. The van der Waals surface area contributed by atoms with Gasteiger partial charge in [0.25, 0.3) is 0 Å². The maximum Gasteiger partial charge on any atom is 0.231 e. The first-order chi connectivity index (χ1) is 12.7. The summed E-state index contributed by atoms with van der Waals surface area (Å²) < 4.78 is 10.7. The zero-order valence-corrected chi connectivity index (χ0v) is 15.0. The smallest absolute Gasteiger partial charge is 0.231 e. The second kappa shape index (κ2) is 7.13. The molecular weight excluding hydrogens is 350 g/mol. The van der Waals surface area contributed by atoms with Gasteiger partial charge < -0.3 is 14.4 Å². The highest BCUT2D eigenvalue weighted by atomic mass is 32.1. The van der Waals surface area contributed by atoms with Crippen LogP contribution in [0.2, 0.25) is 0 Å². The number of aromatic nitrogens is 2. The molecule has 2 aromatic heterocycles. The van der Waals surface area contributed by atoms with Gasteiger partial charge in [0, 0.05) is 25.2 Å². The van der Waals surface area contributed by atoms with Crippen LogP contribution in [0.25, 0.3) is 10.7 Å². The Morgan fingerprint density at radius 3 is 2.96 bits per heavy atom. The summed E-state index contributed by atoms with van der Waals surface area (Å²) in [6, 6.07) is 11.4. The molecule has 0 unspecified atom stereocenters. The molecule has 0 aliphatic carbocycles. The molecule has 1 aromatic carbocycles. The van der Waals surface area contributed by atoms with E-state index in [0.29, 0.717) is 6.54 Å². The van der Waals surface area contributed by atoms with Crippen molar-refractivity contribution >= 4 is 17.2 Å². The Bertz CT molecular complexity index is 927. The Balaban J connectivity index is 1.39. The summed E-state index contributed by atoms with van der Waals surface area (Å²) in [5.74, 6) is 1.48. The topological polar surface area (TPSA) is 64.6 Å². The Morgan fingerprint density at radius 2 is 2.12 bits per heavy atom. The third-order valence-electron chi connectivity index (χ3n) is 4.05. The lowest BCUT2D eigenvalue weighted by Gasteiger charge is -2.17. The van der Waals surface area contributed by atoms with Crippen LogP contribution >= 0.6 is 11.3 Å². The number of carbonyl (C=O) groups is 1. The molecule has 1 aliphatic rings. The van der Waals surface area contributed by atoms with Crippen LogP contribution in [0.1, 0.15) is 11.3 Å². The number of thiazole rings is 1. The molecule has 0 radical (unpaired) electrons. The van der Waals surface area contributed by atoms with E-state index in [1.54, 1.807) is 18.1 Å². The van der Waals surface area contributed by atoms with Crippen molar-refractivity contribution in [1.29, 1.82) is 0 Å². The molecule has 4 rings (SSSR count). The van der Waals surface area contributed by atoms with Crippen molar-refractivity contribution in [1.82, 2.24) is 14.9 Å². The van der Waals surface area contributed by atoms with Crippen molar-refractivity contribution in [2.45, 2.75) is 13.0 Å². The minimum atomic E-state index is 0.0144. The Morgan fingerprint density at radius 1 is 1.23 bits per heavy atom. The van der Waals surface area contributed by atoms with E-state index in [4.69, 9.17) is 9.47 Å². The summed E-state index contributed by atoms with van der Waals surface area (Å²) in [5.41, 5.74) is 2.58.